The smallest absolute Gasteiger partial charge is 0.0345 e. The van der Waals surface area contributed by atoms with E-state index in [4.69, 9.17) is 0 Å². The van der Waals surface area contributed by atoms with Gasteiger partial charge in [-0.1, -0.05) is 0 Å². The SMILES string of the molecule is CC(C1CNCCCN1)N(C)C. The highest BCUT2D eigenvalue weighted by Crippen LogP contribution is 2.00. The minimum absolute atomic E-state index is 0.600. The van der Waals surface area contributed by atoms with Crippen molar-refractivity contribution in [2.24, 2.45) is 0 Å². The monoisotopic (exact) mass is 171 g/mol. The molecular weight excluding hydrogens is 150 g/mol. The fourth-order valence-corrected chi connectivity index (χ4v) is 1.53. The lowest BCUT2D eigenvalue weighted by atomic mass is 10.1. The second-order valence-electron chi connectivity index (χ2n) is 3.82. The quantitative estimate of drug-likeness (QED) is 0.607. The number of nitrogens with one attached hydrogen (secondary N) is 2. The summed E-state index contributed by atoms with van der Waals surface area (Å²) in [6.07, 6.45) is 1.25. The fraction of sp³-hybridized carbons (Fsp3) is 1.00. The first-order valence-corrected chi connectivity index (χ1v) is 4.82. The van der Waals surface area contributed by atoms with E-state index in [0.29, 0.717) is 12.1 Å². The third kappa shape index (κ3) is 2.73. The van der Waals surface area contributed by atoms with Crippen LogP contribution in [0.3, 0.4) is 0 Å². The van der Waals surface area contributed by atoms with Gasteiger partial charge in [0.2, 0.25) is 0 Å². The summed E-state index contributed by atoms with van der Waals surface area (Å²) in [5.74, 6) is 0. The molecule has 72 valence electrons. The summed E-state index contributed by atoms with van der Waals surface area (Å²) in [7, 11) is 4.27. The van der Waals surface area contributed by atoms with E-state index in [0.717, 1.165) is 19.6 Å². The van der Waals surface area contributed by atoms with E-state index < -0.39 is 0 Å². The van der Waals surface area contributed by atoms with Crippen LogP contribution < -0.4 is 10.6 Å². The van der Waals surface area contributed by atoms with Crippen molar-refractivity contribution in [3.63, 3.8) is 0 Å². The van der Waals surface area contributed by atoms with Crippen LogP contribution in [0.5, 0.6) is 0 Å². The van der Waals surface area contributed by atoms with Crippen LogP contribution in [0.4, 0.5) is 0 Å². The summed E-state index contributed by atoms with van der Waals surface area (Å²) in [6, 6.07) is 1.21. The van der Waals surface area contributed by atoms with E-state index in [-0.39, 0.29) is 0 Å². The zero-order valence-corrected chi connectivity index (χ0v) is 8.43. The zero-order valence-electron chi connectivity index (χ0n) is 8.43. The van der Waals surface area contributed by atoms with Crippen LogP contribution >= 0.6 is 0 Å². The van der Waals surface area contributed by atoms with Crippen LogP contribution in [0, 0.1) is 0 Å². The molecule has 1 heterocycles. The third-order valence-electron chi connectivity index (χ3n) is 2.70. The van der Waals surface area contributed by atoms with Gasteiger partial charge in [0.25, 0.3) is 0 Å². The molecule has 0 bridgehead atoms. The summed E-state index contributed by atoms with van der Waals surface area (Å²) >= 11 is 0. The Morgan fingerprint density at radius 1 is 1.33 bits per heavy atom. The number of likely N-dealkylation sites (N-methyl/N-ethyl adjacent to an activating group) is 1. The Balaban J connectivity index is 2.37. The predicted molar refractivity (Wildman–Crippen MR) is 52.4 cm³/mol. The molecule has 0 amide bonds. The minimum Gasteiger partial charge on any atom is -0.315 e. The highest BCUT2D eigenvalue weighted by molar-refractivity contribution is 4.82. The van der Waals surface area contributed by atoms with Crippen molar-refractivity contribution >= 4 is 0 Å². The summed E-state index contributed by atoms with van der Waals surface area (Å²) in [6.45, 7) is 5.67. The topological polar surface area (TPSA) is 27.3 Å². The minimum atomic E-state index is 0.600. The van der Waals surface area contributed by atoms with E-state index in [2.05, 4.69) is 36.6 Å². The van der Waals surface area contributed by atoms with Crippen molar-refractivity contribution in [3.05, 3.63) is 0 Å². The van der Waals surface area contributed by atoms with Gasteiger partial charge in [0.1, 0.15) is 0 Å². The summed E-state index contributed by atoms with van der Waals surface area (Å²) in [5.41, 5.74) is 0. The molecule has 0 saturated carbocycles. The molecule has 1 rings (SSSR count). The van der Waals surface area contributed by atoms with Gasteiger partial charge in [-0.05, 0) is 40.5 Å². The molecule has 0 aromatic carbocycles. The molecule has 2 unspecified atom stereocenters. The first kappa shape index (κ1) is 9.96. The molecule has 1 saturated heterocycles. The van der Waals surface area contributed by atoms with Crippen molar-refractivity contribution in [1.82, 2.24) is 15.5 Å². The lowest BCUT2D eigenvalue weighted by molar-refractivity contribution is 0.248. The van der Waals surface area contributed by atoms with E-state index in [1.165, 1.54) is 6.42 Å². The van der Waals surface area contributed by atoms with Crippen LogP contribution in [0.15, 0.2) is 0 Å². The average molecular weight is 171 g/mol. The summed E-state index contributed by atoms with van der Waals surface area (Å²) in [5, 5.41) is 7.00. The Morgan fingerprint density at radius 3 is 2.75 bits per heavy atom. The van der Waals surface area contributed by atoms with Crippen molar-refractivity contribution in [2.45, 2.75) is 25.4 Å². The van der Waals surface area contributed by atoms with Gasteiger partial charge in [-0.3, -0.25) is 0 Å². The van der Waals surface area contributed by atoms with E-state index in [1.54, 1.807) is 0 Å². The first-order valence-electron chi connectivity index (χ1n) is 4.82. The molecule has 0 aliphatic carbocycles. The molecule has 0 radical (unpaired) electrons. The van der Waals surface area contributed by atoms with Gasteiger partial charge >= 0.3 is 0 Å². The van der Waals surface area contributed by atoms with Crippen molar-refractivity contribution in [1.29, 1.82) is 0 Å². The largest absolute Gasteiger partial charge is 0.315 e. The van der Waals surface area contributed by atoms with Crippen molar-refractivity contribution in [2.75, 3.05) is 33.7 Å². The highest BCUT2D eigenvalue weighted by Gasteiger charge is 2.19. The second-order valence-corrected chi connectivity index (χ2v) is 3.82. The Labute approximate surface area is 75.5 Å². The molecule has 1 aliphatic rings. The van der Waals surface area contributed by atoms with E-state index in [9.17, 15) is 0 Å². The lowest BCUT2D eigenvalue weighted by Gasteiger charge is -2.28. The molecule has 2 atom stereocenters. The maximum atomic E-state index is 3.56. The molecule has 1 fully saturated rings. The lowest BCUT2D eigenvalue weighted by Crippen LogP contribution is -2.49. The number of hydrogen-bond donors (Lipinski definition) is 2. The van der Waals surface area contributed by atoms with Crippen LogP contribution in [-0.4, -0.2) is 50.7 Å². The number of nitrogens with zero attached hydrogens (tertiary/aromatic N) is 1. The van der Waals surface area contributed by atoms with Crippen LogP contribution in [0.2, 0.25) is 0 Å². The molecule has 3 nitrogen and oxygen atoms in total. The molecule has 3 heteroatoms. The second kappa shape index (κ2) is 4.80. The van der Waals surface area contributed by atoms with Gasteiger partial charge in [0.05, 0.1) is 0 Å². The van der Waals surface area contributed by atoms with Gasteiger partial charge in [0.15, 0.2) is 0 Å². The van der Waals surface area contributed by atoms with Crippen molar-refractivity contribution in [3.8, 4) is 0 Å². The molecule has 0 spiro atoms. The molecule has 0 aromatic rings. The van der Waals surface area contributed by atoms with Gasteiger partial charge in [0, 0.05) is 18.6 Å². The van der Waals surface area contributed by atoms with Gasteiger partial charge < -0.3 is 15.5 Å². The maximum Gasteiger partial charge on any atom is 0.0345 e. The first-order chi connectivity index (χ1) is 5.72. The van der Waals surface area contributed by atoms with Crippen LogP contribution in [-0.2, 0) is 0 Å². The Morgan fingerprint density at radius 2 is 2.08 bits per heavy atom. The standard InChI is InChI=1S/C9H21N3/c1-8(12(2)3)9-7-10-5-4-6-11-9/h8-11H,4-7H2,1-3H3. The van der Waals surface area contributed by atoms with Gasteiger partial charge in [-0.25, -0.2) is 0 Å². The Kier molecular flexibility index (Phi) is 3.98. The van der Waals surface area contributed by atoms with E-state index in [1.807, 2.05) is 0 Å². The predicted octanol–water partition coefficient (Wildman–Crippen LogP) is -0.112. The van der Waals surface area contributed by atoms with E-state index >= 15 is 0 Å². The third-order valence-corrected chi connectivity index (χ3v) is 2.70. The zero-order chi connectivity index (χ0) is 8.97. The summed E-state index contributed by atoms with van der Waals surface area (Å²) < 4.78 is 0. The maximum absolute atomic E-state index is 3.56. The molecule has 12 heavy (non-hydrogen) atoms. The summed E-state index contributed by atoms with van der Waals surface area (Å²) in [4.78, 5) is 2.27. The van der Waals surface area contributed by atoms with Crippen LogP contribution in [0.25, 0.3) is 0 Å². The highest BCUT2D eigenvalue weighted by atomic mass is 15.2. The average Bonchev–Trinajstić information content (AvgIpc) is 2.30. The van der Waals surface area contributed by atoms with Gasteiger partial charge in [-0.15, -0.1) is 0 Å². The Bertz CT molecular complexity index is 117. The normalized spacial score (nSPS) is 28.5. The fourth-order valence-electron chi connectivity index (χ4n) is 1.53. The van der Waals surface area contributed by atoms with Gasteiger partial charge in [-0.2, -0.15) is 0 Å². The molecule has 0 aromatic heterocycles. The molecule has 1 aliphatic heterocycles. The molecule has 2 N–H and O–H groups in total. The van der Waals surface area contributed by atoms with Crippen LogP contribution in [0.1, 0.15) is 13.3 Å². The number of rotatable bonds is 2. The molecular formula is C9H21N3. The number of hydrogen-bond acceptors (Lipinski definition) is 3. The Hall–Kier alpha value is -0.120. The van der Waals surface area contributed by atoms with Crippen molar-refractivity contribution < 1.29 is 0 Å².